The van der Waals surface area contributed by atoms with E-state index in [0.29, 0.717) is 29.2 Å². The highest BCUT2D eigenvalue weighted by Crippen LogP contribution is 2.67. The van der Waals surface area contributed by atoms with Gasteiger partial charge in [-0.1, -0.05) is 140 Å². The van der Waals surface area contributed by atoms with Crippen LogP contribution in [0.15, 0.2) is 54.3 Å². The lowest BCUT2D eigenvalue weighted by Crippen LogP contribution is -2.67. The van der Waals surface area contributed by atoms with Crippen LogP contribution in [-0.4, -0.2) is 35.9 Å². The van der Waals surface area contributed by atoms with Crippen molar-refractivity contribution in [1.82, 2.24) is 0 Å². The Labute approximate surface area is 305 Å². The molecule has 0 amide bonds. The fourth-order valence-corrected chi connectivity index (χ4v) is 9.56. The van der Waals surface area contributed by atoms with Crippen LogP contribution in [-0.2, 0) is 30.9 Å². The SMILES string of the molecule is CCCCCCCCCCCCCCCCCC(=O)O[C@H](C(=O)OC1=CC[C@]2(O)[C@H]3CCC[C@]24c2c(ccc(OC)c2O[C@H]14)C3)c1ccccc1. The van der Waals surface area contributed by atoms with Crippen molar-refractivity contribution < 1.29 is 33.6 Å². The van der Waals surface area contributed by atoms with Crippen molar-refractivity contribution >= 4 is 11.9 Å². The molecule has 0 unspecified atom stereocenters. The average Bonchev–Trinajstić information content (AvgIpc) is 3.49. The first kappa shape index (κ1) is 37.4. The summed E-state index contributed by atoms with van der Waals surface area (Å²) in [4.78, 5) is 27.1. The molecule has 2 bridgehead atoms. The highest BCUT2D eigenvalue weighted by molar-refractivity contribution is 5.82. The number of hydrogen-bond acceptors (Lipinski definition) is 7. The third-order valence-corrected chi connectivity index (χ3v) is 12.2. The molecular formula is C44H60O7. The van der Waals surface area contributed by atoms with E-state index in [-0.39, 0.29) is 12.3 Å². The predicted molar refractivity (Wildman–Crippen MR) is 199 cm³/mol. The van der Waals surface area contributed by atoms with E-state index in [1.54, 1.807) is 19.2 Å². The number of rotatable bonds is 21. The van der Waals surface area contributed by atoms with Crippen molar-refractivity contribution in [2.24, 2.45) is 5.92 Å². The van der Waals surface area contributed by atoms with Crippen LogP contribution in [0, 0.1) is 5.92 Å². The molecule has 1 fully saturated rings. The summed E-state index contributed by atoms with van der Waals surface area (Å²) >= 11 is 0. The summed E-state index contributed by atoms with van der Waals surface area (Å²) in [5, 5.41) is 12.4. The van der Waals surface area contributed by atoms with Crippen molar-refractivity contribution in [3.63, 3.8) is 0 Å². The number of methoxy groups -OCH3 is 1. The molecule has 0 radical (unpaired) electrons. The van der Waals surface area contributed by atoms with E-state index < -0.39 is 35.2 Å². The van der Waals surface area contributed by atoms with Crippen LogP contribution >= 0.6 is 0 Å². The summed E-state index contributed by atoms with van der Waals surface area (Å²) in [6.07, 6.45) is 22.8. The van der Waals surface area contributed by atoms with Gasteiger partial charge in [0, 0.05) is 17.5 Å². The Morgan fingerprint density at radius 2 is 1.53 bits per heavy atom. The second-order valence-electron chi connectivity index (χ2n) is 15.5. The molecule has 1 N–H and O–H groups in total. The van der Waals surface area contributed by atoms with E-state index in [0.717, 1.165) is 50.5 Å². The van der Waals surface area contributed by atoms with E-state index in [1.165, 1.54) is 82.6 Å². The van der Waals surface area contributed by atoms with Gasteiger partial charge in [-0.05, 0) is 55.7 Å². The van der Waals surface area contributed by atoms with Gasteiger partial charge in [0.1, 0.15) is 5.76 Å². The van der Waals surface area contributed by atoms with E-state index in [1.807, 2.05) is 30.3 Å². The van der Waals surface area contributed by atoms with Crippen LogP contribution < -0.4 is 9.47 Å². The molecule has 7 heteroatoms. The first-order chi connectivity index (χ1) is 24.9. The molecule has 3 aliphatic carbocycles. The van der Waals surface area contributed by atoms with Crippen molar-refractivity contribution in [3.05, 3.63) is 71.0 Å². The third-order valence-electron chi connectivity index (χ3n) is 12.2. The number of unbranched alkanes of at least 4 members (excludes halogenated alkanes) is 14. The number of carbonyl (C=O) groups excluding carboxylic acids is 2. The second-order valence-corrected chi connectivity index (χ2v) is 15.5. The summed E-state index contributed by atoms with van der Waals surface area (Å²) < 4.78 is 24.4. The van der Waals surface area contributed by atoms with Gasteiger partial charge in [0.05, 0.1) is 18.1 Å². The Morgan fingerprint density at radius 3 is 2.18 bits per heavy atom. The van der Waals surface area contributed by atoms with Gasteiger partial charge in [0.15, 0.2) is 17.6 Å². The number of carbonyl (C=O) groups is 2. The average molecular weight is 701 g/mol. The zero-order valence-electron chi connectivity index (χ0n) is 31.1. The minimum atomic E-state index is -1.20. The van der Waals surface area contributed by atoms with Crippen LogP contribution in [0.5, 0.6) is 11.5 Å². The lowest BCUT2D eigenvalue weighted by Gasteiger charge is -2.59. The maximum atomic E-state index is 14.0. The Morgan fingerprint density at radius 1 is 0.882 bits per heavy atom. The van der Waals surface area contributed by atoms with Gasteiger partial charge < -0.3 is 24.1 Å². The second kappa shape index (κ2) is 17.5. The van der Waals surface area contributed by atoms with Gasteiger partial charge in [-0.15, -0.1) is 0 Å². The number of aliphatic hydroxyl groups is 1. The number of esters is 2. The van der Waals surface area contributed by atoms with Gasteiger partial charge >= 0.3 is 11.9 Å². The van der Waals surface area contributed by atoms with Gasteiger partial charge in [-0.2, -0.15) is 0 Å². The molecule has 6 rings (SSSR count). The van der Waals surface area contributed by atoms with Crippen LogP contribution in [0.4, 0.5) is 0 Å². The maximum Gasteiger partial charge on any atom is 0.357 e. The minimum absolute atomic E-state index is 0.0930. The van der Waals surface area contributed by atoms with Gasteiger partial charge in [0.25, 0.3) is 0 Å². The Balaban J connectivity index is 1.01. The van der Waals surface area contributed by atoms with Gasteiger partial charge in [-0.25, -0.2) is 4.79 Å². The van der Waals surface area contributed by atoms with Crippen molar-refractivity contribution in [2.45, 2.75) is 165 Å². The van der Waals surface area contributed by atoms with Crippen LogP contribution in [0.3, 0.4) is 0 Å². The highest BCUT2D eigenvalue weighted by atomic mass is 16.6. The summed E-state index contributed by atoms with van der Waals surface area (Å²) in [5.41, 5.74) is 0.999. The fraction of sp³-hybridized carbons (Fsp3) is 0.636. The summed E-state index contributed by atoms with van der Waals surface area (Å²) in [6.45, 7) is 2.27. The molecule has 7 nitrogen and oxygen atoms in total. The topological polar surface area (TPSA) is 91.3 Å². The lowest BCUT2D eigenvalue weighted by molar-refractivity contribution is -0.172. The lowest BCUT2D eigenvalue weighted by atomic mass is 9.47. The summed E-state index contributed by atoms with van der Waals surface area (Å²) in [6, 6.07) is 13.1. The van der Waals surface area contributed by atoms with E-state index in [9.17, 15) is 14.7 Å². The molecule has 2 aromatic carbocycles. The Hall–Kier alpha value is -3.32. The maximum absolute atomic E-state index is 14.0. The number of ether oxygens (including phenoxy) is 4. The minimum Gasteiger partial charge on any atom is -0.493 e. The Kier molecular flexibility index (Phi) is 12.8. The predicted octanol–water partition coefficient (Wildman–Crippen LogP) is 10.2. The van der Waals surface area contributed by atoms with E-state index >= 15 is 0 Å². The normalized spacial score (nSPS) is 24.6. The van der Waals surface area contributed by atoms with Gasteiger partial charge in [-0.3, -0.25) is 4.79 Å². The molecule has 1 spiro atoms. The van der Waals surface area contributed by atoms with Crippen molar-refractivity contribution in [1.29, 1.82) is 0 Å². The quantitative estimate of drug-likeness (QED) is 0.102. The highest BCUT2D eigenvalue weighted by Gasteiger charge is 2.71. The number of hydrogen-bond donors (Lipinski definition) is 1. The molecule has 0 aromatic heterocycles. The largest absolute Gasteiger partial charge is 0.493 e. The molecule has 0 saturated heterocycles. The summed E-state index contributed by atoms with van der Waals surface area (Å²) in [7, 11) is 1.62. The smallest absolute Gasteiger partial charge is 0.357 e. The Bertz CT molecular complexity index is 1500. The molecule has 4 aliphatic rings. The fourth-order valence-electron chi connectivity index (χ4n) is 9.56. The molecule has 2 aromatic rings. The van der Waals surface area contributed by atoms with Crippen LogP contribution in [0.2, 0.25) is 0 Å². The molecule has 1 saturated carbocycles. The molecule has 51 heavy (non-hydrogen) atoms. The van der Waals surface area contributed by atoms with Crippen LogP contribution in [0.1, 0.15) is 158 Å². The molecule has 278 valence electrons. The molecule has 5 atom stereocenters. The zero-order valence-corrected chi connectivity index (χ0v) is 31.1. The first-order valence-electron chi connectivity index (χ1n) is 20.2. The van der Waals surface area contributed by atoms with Crippen molar-refractivity contribution in [2.75, 3.05) is 7.11 Å². The zero-order chi connectivity index (χ0) is 35.7. The molecular weight excluding hydrogens is 640 g/mol. The monoisotopic (exact) mass is 700 g/mol. The third kappa shape index (κ3) is 7.89. The van der Waals surface area contributed by atoms with Gasteiger partial charge in [0.2, 0.25) is 6.10 Å². The molecule has 1 aliphatic heterocycles. The van der Waals surface area contributed by atoms with Crippen LogP contribution in [0.25, 0.3) is 0 Å². The standard InChI is InChI=1S/C44H60O7/c1-3-4-5-6-7-8-9-10-11-12-13-14-15-16-20-25-37(45)50-39(32-22-18-17-19-23-32)42(46)49-36-28-30-44(47)34-24-21-29-43(44)38-33(31-34)26-27-35(48-2)40(38)51-41(36)43/h17-19,22-23,26-28,34,39,41,47H,3-16,20-21,24-25,29-31H2,1-2H3/t34-,39-,41+,43+,44-/m0/s1. The molecule has 1 heterocycles. The van der Waals surface area contributed by atoms with Crippen molar-refractivity contribution in [3.8, 4) is 11.5 Å². The summed E-state index contributed by atoms with van der Waals surface area (Å²) in [5.74, 6) is 0.657. The van der Waals surface area contributed by atoms with E-state index in [2.05, 4.69) is 13.0 Å². The first-order valence-corrected chi connectivity index (χ1v) is 20.2. The number of benzene rings is 2. The van der Waals surface area contributed by atoms with E-state index in [4.69, 9.17) is 18.9 Å².